The Morgan fingerprint density at radius 3 is 3.14 bits per heavy atom. The third-order valence-corrected chi connectivity index (χ3v) is 5.88. The van der Waals surface area contributed by atoms with Crippen LogP contribution in [0.15, 0.2) is 24.3 Å². The van der Waals surface area contributed by atoms with Crippen LogP contribution < -0.4 is 14.8 Å². The summed E-state index contributed by atoms with van der Waals surface area (Å²) in [5.74, 6) is 2.06. The smallest absolute Gasteiger partial charge is 0.165 e. The molecule has 1 saturated heterocycles. The third-order valence-electron chi connectivity index (χ3n) is 5.88. The van der Waals surface area contributed by atoms with Crippen LogP contribution in [-0.4, -0.2) is 37.0 Å². The number of hydrogen-bond acceptors (Lipinski definition) is 4. The highest BCUT2D eigenvalue weighted by Crippen LogP contribution is 2.61. The van der Waals surface area contributed by atoms with Crippen molar-refractivity contribution in [3.05, 3.63) is 35.4 Å². The zero-order valence-corrected chi connectivity index (χ0v) is 12.0. The zero-order chi connectivity index (χ0) is 14.2. The van der Waals surface area contributed by atoms with E-state index >= 15 is 0 Å². The summed E-state index contributed by atoms with van der Waals surface area (Å²) in [7, 11) is 1.68. The van der Waals surface area contributed by atoms with Gasteiger partial charge in [-0.15, -0.1) is 0 Å². The topological polar surface area (TPSA) is 50.7 Å². The SMILES string of the molecule is COc1ccc2c3c1O[C@H]1[C@@H](O)C=CC4C(C2)NCC[C@@]341. The minimum absolute atomic E-state index is 0.0818. The van der Waals surface area contributed by atoms with Crippen molar-refractivity contribution in [3.8, 4) is 11.5 Å². The molecule has 2 aliphatic carbocycles. The van der Waals surface area contributed by atoms with E-state index in [4.69, 9.17) is 9.47 Å². The van der Waals surface area contributed by atoms with Gasteiger partial charge in [-0.05, 0) is 31.0 Å². The second-order valence-electron chi connectivity index (χ2n) is 6.63. The van der Waals surface area contributed by atoms with Crippen LogP contribution in [0.3, 0.4) is 0 Å². The lowest BCUT2D eigenvalue weighted by atomic mass is 9.54. The number of ether oxygens (including phenoxy) is 2. The maximum atomic E-state index is 10.5. The van der Waals surface area contributed by atoms with Crippen molar-refractivity contribution in [3.63, 3.8) is 0 Å². The van der Waals surface area contributed by atoms with Gasteiger partial charge in [-0.25, -0.2) is 0 Å². The number of piperidine rings is 1. The number of rotatable bonds is 1. The number of methoxy groups -OCH3 is 1. The fourth-order valence-corrected chi connectivity index (χ4v) is 5.13. The number of aliphatic hydroxyl groups is 1. The monoisotopic (exact) mass is 285 g/mol. The van der Waals surface area contributed by atoms with Crippen molar-refractivity contribution in [2.75, 3.05) is 13.7 Å². The molecule has 2 heterocycles. The van der Waals surface area contributed by atoms with Gasteiger partial charge < -0.3 is 19.9 Å². The van der Waals surface area contributed by atoms with Gasteiger partial charge in [0, 0.05) is 22.9 Å². The van der Waals surface area contributed by atoms with E-state index in [9.17, 15) is 5.11 Å². The molecule has 4 aliphatic rings. The predicted molar refractivity (Wildman–Crippen MR) is 77.8 cm³/mol. The van der Waals surface area contributed by atoms with Crippen LogP contribution in [0.4, 0.5) is 0 Å². The fourth-order valence-electron chi connectivity index (χ4n) is 5.13. The van der Waals surface area contributed by atoms with Crippen LogP contribution in [-0.2, 0) is 11.8 Å². The Bertz CT molecular complexity index is 656. The average Bonchev–Trinajstić information content (AvgIpc) is 2.83. The van der Waals surface area contributed by atoms with E-state index in [0.717, 1.165) is 30.9 Å². The first kappa shape index (κ1) is 12.1. The summed E-state index contributed by atoms with van der Waals surface area (Å²) in [4.78, 5) is 0. The van der Waals surface area contributed by atoms with Gasteiger partial charge in [0.1, 0.15) is 12.2 Å². The van der Waals surface area contributed by atoms with Crippen LogP contribution in [0.2, 0.25) is 0 Å². The molecule has 21 heavy (non-hydrogen) atoms. The molecule has 2 bridgehead atoms. The second-order valence-corrected chi connectivity index (χ2v) is 6.63. The minimum Gasteiger partial charge on any atom is -0.493 e. The molecule has 5 rings (SSSR count). The Morgan fingerprint density at radius 2 is 2.29 bits per heavy atom. The van der Waals surface area contributed by atoms with Crippen molar-refractivity contribution >= 4 is 0 Å². The lowest BCUT2D eigenvalue weighted by Gasteiger charge is -2.53. The maximum absolute atomic E-state index is 10.5. The fraction of sp³-hybridized carbons (Fsp3) is 0.529. The lowest BCUT2D eigenvalue weighted by molar-refractivity contribution is -0.0177. The highest BCUT2D eigenvalue weighted by atomic mass is 16.5. The van der Waals surface area contributed by atoms with Crippen LogP contribution in [0, 0.1) is 5.92 Å². The summed E-state index contributed by atoms with van der Waals surface area (Å²) in [5.41, 5.74) is 2.57. The van der Waals surface area contributed by atoms with Gasteiger partial charge >= 0.3 is 0 Å². The van der Waals surface area contributed by atoms with Crippen LogP contribution in [0.5, 0.6) is 11.5 Å². The Labute approximate surface area is 123 Å². The number of nitrogens with one attached hydrogen (secondary N) is 1. The lowest BCUT2D eigenvalue weighted by Crippen LogP contribution is -2.64. The van der Waals surface area contributed by atoms with E-state index in [1.165, 1.54) is 11.1 Å². The van der Waals surface area contributed by atoms with Gasteiger partial charge in [0.25, 0.3) is 0 Å². The Hall–Kier alpha value is -1.52. The molecule has 0 saturated carbocycles. The summed E-state index contributed by atoms with van der Waals surface area (Å²) >= 11 is 0. The quantitative estimate of drug-likeness (QED) is 0.760. The standard InChI is InChI=1S/C17H19NO3/c1-20-13-5-2-9-8-11-10-3-4-12(19)16-17(10,6-7-18-11)14(9)15(13)21-16/h2-5,10-12,16,18-19H,6-8H2,1H3/t10?,11?,12-,16-,17-/m0/s1. The molecule has 0 aromatic heterocycles. The molecule has 2 unspecified atom stereocenters. The van der Waals surface area contributed by atoms with E-state index in [-0.39, 0.29) is 11.5 Å². The Balaban J connectivity index is 1.84. The van der Waals surface area contributed by atoms with Gasteiger partial charge in [-0.1, -0.05) is 18.2 Å². The Morgan fingerprint density at radius 1 is 1.38 bits per heavy atom. The van der Waals surface area contributed by atoms with Crippen molar-refractivity contribution in [1.29, 1.82) is 0 Å². The molecule has 2 aliphatic heterocycles. The van der Waals surface area contributed by atoms with E-state index in [1.807, 2.05) is 12.1 Å². The molecule has 5 atom stereocenters. The van der Waals surface area contributed by atoms with Crippen molar-refractivity contribution < 1.29 is 14.6 Å². The second kappa shape index (κ2) is 3.81. The van der Waals surface area contributed by atoms with Gasteiger partial charge in [0.05, 0.1) is 7.11 Å². The molecule has 1 aromatic rings. The number of benzene rings is 1. The highest BCUT2D eigenvalue weighted by Gasteiger charge is 2.63. The van der Waals surface area contributed by atoms with Crippen LogP contribution in [0.25, 0.3) is 0 Å². The normalized spacial score (nSPS) is 41.4. The molecule has 4 nitrogen and oxygen atoms in total. The zero-order valence-electron chi connectivity index (χ0n) is 12.0. The molecule has 1 fully saturated rings. The number of aliphatic hydroxyl groups excluding tert-OH is 1. The predicted octanol–water partition coefficient (Wildman–Crippen LogP) is 1.16. The summed E-state index contributed by atoms with van der Waals surface area (Å²) in [6.45, 7) is 0.984. The minimum atomic E-state index is -0.539. The third kappa shape index (κ3) is 1.25. The molecule has 4 heteroatoms. The van der Waals surface area contributed by atoms with Crippen LogP contribution >= 0.6 is 0 Å². The molecule has 2 N–H and O–H groups in total. The first-order valence-electron chi connectivity index (χ1n) is 7.72. The molecular weight excluding hydrogens is 266 g/mol. The van der Waals surface area contributed by atoms with E-state index in [2.05, 4.69) is 17.5 Å². The van der Waals surface area contributed by atoms with Gasteiger partial charge in [-0.2, -0.15) is 0 Å². The molecule has 110 valence electrons. The molecule has 0 radical (unpaired) electrons. The molecule has 0 amide bonds. The molecular formula is C17H19NO3. The van der Waals surface area contributed by atoms with Crippen LogP contribution in [0.1, 0.15) is 17.5 Å². The largest absolute Gasteiger partial charge is 0.493 e. The summed E-state index contributed by atoms with van der Waals surface area (Å²) in [5, 5.41) is 14.1. The molecule has 1 spiro atoms. The first-order chi connectivity index (χ1) is 10.3. The first-order valence-corrected chi connectivity index (χ1v) is 7.72. The maximum Gasteiger partial charge on any atom is 0.165 e. The number of hydrogen-bond donors (Lipinski definition) is 2. The highest BCUT2D eigenvalue weighted by molar-refractivity contribution is 5.62. The molecule has 1 aromatic carbocycles. The summed E-state index contributed by atoms with van der Waals surface area (Å²) in [6.07, 6.45) is 5.43. The van der Waals surface area contributed by atoms with E-state index in [1.54, 1.807) is 7.11 Å². The van der Waals surface area contributed by atoms with Crippen molar-refractivity contribution in [2.45, 2.75) is 36.5 Å². The Kier molecular flexibility index (Phi) is 2.19. The van der Waals surface area contributed by atoms with E-state index < -0.39 is 6.10 Å². The summed E-state index contributed by atoms with van der Waals surface area (Å²) < 4.78 is 11.8. The van der Waals surface area contributed by atoms with Gasteiger partial charge in [0.15, 0.2) is 11.5 Å². The van der Waals surface area contributed by atoms with Crippen molar-refractivity contribution in [2.24, 2.45) is 5.92 Å². The van der Waals surface area contributed by atoms with Gasteiger partial charge in [0.2, 0.25) is 0 Å². The average molecular weight is 285 g/mol. The van der Waals surface area contributed by atoms with Gasteiger partial charge in [-0.3, -0.25) is 0 Å². The summed E-state index contributed by atoms with van der Waals surface area (Å²) in [6, 6.07) is 4.62. The van der Waals surface area contributed by atoms with E-state index in [0.29, 0.717) is 12.0 Å². The van der Waals surface area contributed by atoms with Crippen molar-refractivity contribution in [1.82, 2.24) is 5.32 Å².